The molecule has 2 aromatic rings. The summed E-state index contributed by atoms with van der Waals surface area (Å²) in [6.07, 6.45) is 0.812. The molecule has 1 N–H and O–H groups in total. The summed E-state index contributed by atoms with van der Waals surface area (Å²) < 4.78 is 0. The van der Waals surface area contributed by atoms with E-state index in [9.17, 15) is 9.59 Å². The van der Waals surface area contributed by atoms with E-state index in [-0.39, 0.29) is 30.2 Å². The molecule has 0 aliphatic rings. The number of carbonyl (C=O) groups is 2. The van der Waals surface area contributed by atoms with Crippen LogP contribution in [0.15, 0.2) is 47.4 Å². The number of rotatable bonds is 9. The van der Waals surface area contributed by atoms with Crippen molar-refractivity contribution < 1.29 is 9.59 Å². The Morgan fingerprint density at radius 1 is 1.07 bits per heavy atom. The Morgan fingerprint density at radius 3 is 2.23 bits per heavy atom. The molecule has 0 heterocycles. The molecule has 4 nitrogen and oxygen atoms in total. The second kappa shape index (κ2) is 11.6. The first-order chi connectivity index (χ1) is 14.2. The van der Waals surface area contributed by atoms with E-state index in [4.69, 9.17) is 23.2 Å². The average Bonchev–Trinajstić information content (AvgIpc) is 2.72. The van der Waals surface area contributed by atoms with Gasteiger partial charge in [-0.3, -0.25) is 9.59 Å². The summed E-state index contributed by atoms with van der Waals surface area (Å²) in [7, 11) is 0. The van der Waals surface area contributed by atoms with Crippen LogP contribution in [0.1, 0.15) is 38.3 Å². The summed E-state index contributed by atoms with van der Waals surface area (Å²) >= 11 is 14.1. The molecule has 0 radical (unpaired) electrons. The molecule has 2 amide bonds. The number of hydrogen-bond donors (Lipinski definition) is 1. The van der Waals surface area contributed by atoms with Gasteiger partial charge in [0, 0.05) is 33.1 Å². The highest BCUT2D eigenvalue weighted by Gasteiger charge is 2.28. The van der Waals surface area contributed by atoms with Gasteiger partial charge in [0.05, 0.1) is 5.75 Å². The molecule has 7 heteroatoms. The van der Waals surface area contributed by atoms with Crippen LogP contribution in [0.4, 0.5) is 0 Å². The topological polar surface area (TPSA) is 49.4 Å². The van der Waals surface area contributed by atoms with Crippen molar-refractivity contribution in [2.24, 2.45) is 0 Å². The maximum Gasteiger partial charge on any atom is 0.242 e. The summed E-state index contributed by atoms with van der Waals surface area (Å²) in [5.74, 6) is -0.129. The molecule has 0 aliphatic carbocycles. The van der Waals surface area contributed by atoms with Crippen LogP contribution in [0.2, 0.25) is 10.0 Å². The molecular formula is C23H28Cl2N2O2S. The molecule has 30 heavy (non-hydrogen) atoms. The number of nitrogens with zero attached hydrogens (tertiary/aromatic N) is 1. The molecular weight excluding hydrogens is 439 g/mol. The zero-order valence-electron chi connectivity index (χ0n) is 17.7. The minimum Gasteiger partial charge on any atom is -0.352 e. The van der Waals surface area contributed by atoms with Gasteiger partial charge in [0.1, 0.15) is 6.04 Å². The van der Waals surface area contributed by atoms with E-state index in [1.165, 1.54) is 11.8 Å². The van der Waals surface area contributed by atoms with E-state index < -0.39 is 6.04 Å². The maximum absolute atomic E-state index is 13.2. The maximum atomic E-state index is 13.2. The minimum absolute atomic E-state index is 0.0303. The van der Waals surface area contributed by atoms with Gasteiger partial charge in [-0.25, -0.2) is 0 Å². The number of aryl methyl sites for hydroxylation is 1. The minimum atomic E-state index is -0.655. The number of benzene rings is 2. The van der Waals surface area contributed by atoms with Gasteiger partial charge >= 0.3 is 0 Å². The SMILES string of the molecule is CC[C@@H](C)NC(=O)[C@H](C)N(Cc1c(Cl)cccc1Cl)C(=O)CSc1ccc(C)cc1. The monoisotopic (exact) mass is 466 g/mol. The Morgan fingerprint density at radius 2 is 1.67 bits per heavy atom. The Balaban J connectivity index is 2.21. The summed E-state index contributed by atoms with van der Waals surface area (Å²) in [5, 5.41) is 3.90. The number of halogens is 2. The molecule has 2 rings (SSSR count). The molecule has 0 bridgehead atoms. The van der Waals surface area contributed by atoms with E-state index in [2.05, 4.69) is 5.32 Å². The lowest BCUT2D eigenvalue weighted by Crippen LogP contribution is -2.50. The fourth-order valence-corrected chi connectivity index (χ4v) is 4.07. The van der Waals surface area contributed by atoms with Crippen molar-refractivity contribution in [3.8, 4) is 0 Å². The summed E-state index contributed by atoms with van der Waals surface area (Å²) in [6.45, 7) is 7.86. The van der Waals surface area contributed by atoms with E-state index in [0.717, 1.165) is 16.9 Å². The molecule has 0 saturated heterocycles. The zero-order valence-corrected chi connectivity index (χ0v) is 20.1. The number of carbonyl (C=O) groups excluding carboxylic acids is 2. The van der Waals surface area contributed by atoms with Crippen LogP contribution in [-0.2, 0) is 16.1 Å². The van der Waals surface area contributed by atoms with E-state index in [1.54, 1.807) is 30.0 Å². The molecule has 2 aromatic carbocycles. The van der Waals surface area contributed by atoms with Crippen molar-refractivity contribution in [1.82, 2.24) is 10.2 Å². The second-order valence-electron chi connectivity index (χ2n) is 7.32. The van der Waals surface area contributed by atoms with Crippen LogP contribution in [0.25, 0.3) is 0 Å². The fraction of sp³-hybridized carbons (Fsp3) is 0.391. The standard InChI is InChI=1S/C23H28Cl2N2O2S/c1-5-16(3)26-23(29)17(4)27(13-19-20(24)7-6-8-21(19)25)22(28)14-30-18-11-9-15(2)10-12-18/h6-12,16-17H,5,13-14H2,1-4H3,(H,26,29)/t16-,17+/m1/s1. The summed E-state index contributed by atoms with van der Waals surface area (Å²) in [4.78, 5) is 28.5. The average molecular weight is 467 g/mol. The van der Waals surface area contributed by atoms with E-state index >= 15 is 0 Å². The van der Waals surface area contributed by atoms with Gasteiger partial charge in [-0.15, -0.1) is 11.8 Å². The van der Waals surface area contributed by atoms with Gasteiger partial charge in [-0.1, -0.05) is 53.9 Å². The largest absolute Gasteiger partial charge is 0.352 e. The third-order valence-electron chi connectivity index (χ3n) is 4.94. The van der Waals surface area contributed by atoms with Crippen LogP contribution < -0.4 is 5.32 Å². The highest BCUT2D eigenvalue weighted by atomic mass is 35.5. The van der Waals surface area contributed by atoms with Gasteiger partial charge in [-0.05, 0) is 51.5 Å². The highest BCUT2D eigenvalue weighted by Crippen LogP contribution is 2.27. The van der Waals surface area contributed by atoms with Crippen molar-refractivity contribution in [2.45, 2.75) is 57.6 Å². The highest BCUT2D eigenvalue weighted by molar-refractivity contribution is 8.00. The second-order valence-corrected chi connectivity index (χ2v) is 9.18. The van der Waals surface area contributed by atoms with Gasteiger partial charge in [0.2, 0.25) is 11.8 Å². The third-order valence-corrected chi connectivity index (χ3v) is 6.65. The van der Waals surface area contributed by atoms with Crippen molar-refractivity contribution in [3.63, 3.8) is 0 Å². The Bertz CT molecular complexity index is 854. The number of amides is 2. The van der Waals surface area contributed by atoms with Crippen LogP contribution in [0.5, 0.6) is 0 Å². The first kappa shape index (κ1) is 24.6. The predicted octanol–water partition coefficient (Wildman–Crippen LogP) is 5.73. The van der Waals surface area contributed by atoms with Crippen molar-refractivity contribution in [3.05, 3.63) is 63.6 Å². The molecule has 0 fully saturated rings. The number of thioether (sulfide) groups is 1. The van der Waals surface area contributed by atoms with Gasteiger partial charge in [0.25, 0.3) is 0 Å². The van der Waals surface area contributed by atoms with Crippen molar-refractivity contribution in [2.75, 3.05) is 5.75 Å². The first-order valence-corrected chi connectivity index (χ1v) is 11.7. The van der Waals surface area contributed by atoms with Gasteiger partial charge in [-0.2, -0.15) is 0 Å². The molecule has 0 saturated carbocycles. The molecule has 2 atom stereocenters. The molecule has 162 valence electrons. The van der Waals surface area contributed by atoms with Gasteiger partial charge < -0.3 is 10.2 Å². The van der Waals surface area contributed by atoms with E-state index in [1.807, 2.05) is 45.0 Å². The number of hydrogen-bond acceptors (Lipinski definition) is 3. The van der Waals surface area contributed by atoms with Crippen LogP contribution in [0.3, 0.4) is 0 Å². The van der Waals surface area contributed by atoms with Crippen LogP contribution in [0, 0.1) is 6.92 Å². The quantitative estimate of drug-likeness (QED) is 0.480. The molecule has 0 spiro atoms. The van der Waals surface area contributed by atoms with Crippen molar-refractivity contribution >= 4 is 46.8 Å². The van der Waals surface area contributed by atoms with Crippen LogP contribution >= 0.6 is 35.0 Å². The summed E-state index contributed by atoms with van der Waals surface area (Å²) in [5.41, 5.74) is 1.80. The molecule has 0 aromatic heterocycles. The van der Waals surface area contributed by atoms with Crippen LogP contribution in [-0.4, -0.2) is 34.6 Å². The lowest BCUT2D eigenvalue weighted by molar-refractivity contribution is -0.138. The predicted molar refractivity (Wildman–Crippen MR) is 126 cm³/mol. The Kier molecular flexibility index (Phi) is 9.53. The molecule has 0 aliphatic heterocycles. The molecule has 0 unspecified atom stereocenters. The fourth-order valence-electron chi connectivity index (χ4n) is 2.76. The zero-order chi connectivity index (χ0) is 22.3. The van der Waals surface area contributed by atoms with Crippen molar-refractivity contribution in [1.29, 1.82) is 0 Å². The third kappa shape index (κ3) is 6.93. The first-order valence-electron chi connectivity index (χ1n) is 9.95. The smallest absolute Gasteiger partial charge is 0.242 e. The van der Waals surface area contributed by atoms with E-state index in [0.29, 0.717) is 15.6 Å². The summed E-state index contributed by atoms with van der Waals surface area (Å²) in [6, 6.07) is 12.6. The number of nitrogens with one attached hydrogen (secondary N) is 1. The lowest BCUT2D eigenvalue weighted by atomic mass is 10.1. The Hall–Kier alpha value is -1.69. The lowest BCUT2D eigenvalue weighted by Gasteiger charge is -2.30. The van der Waals surface area contributed by atoms with Gasteiger partial charge in [0.15, 0.2) is 0 Å². The Labute approximate surface area is 193 Å². The normalized spacial score (nSPS) is 12.9.